The Labute approximate surface area is 117 Å². The molecule has 21 heavy (non-hydrogen) atoms. The second-order valence-electron chi connectivity index (χ2n) is 4.14. The number of rotatable bonds is 2. The van der Waals surface area contributed by atoms with Gasteiger partial charge in [-0.05, 0) is 12.1 Å². The lowest BCUT2D eigenvalue weighted by molar-refractivity contribution is -0.137. The largest absolute Gasteiger partial charge is 0.416 e. The number of carbonyl (C=O) groups excluding carboxylic acids is 2. The summed E-state index contributed by atoms with van der Waals surface area (Å²) in [6, 6.07) is 4.03. The van der Waals surface area contributed by atoms with Crippen molar-refractivity contribution in [3.63, 3.8) is 0 Å². The highest BCUT2D eigenvalue weighted by molar-refractivity contribution is 6.21. The molecule has 0 spiro atoms. The Morgan fingerprint density at radius 3 is 2.38 bits per heavy atom. The van der Waals surface area contributed by atoms with Gasteiger partial charge in [0.1, 0.15) is 17.2 Å². The summed E-state index contributed by atoms with van der Waals surface area (Å²) in [4.78, 5) is 22.5. The third-order valence-corrected chi connectivity index (χ3v) is 2.86. The van der Waals surface area contributed by atoms with Crippen molar-refractivity contribution in [1.82, 2.24) is 5.43 Å². The van der Waals surface area contributed by atoms with Crippen LogP contribution in [0.2, 0.25) is 0 Å². The Kier molecular flexibility index (Phi) is 3.93. The highest BCUT2D eigenvalue weighted by atomic mass is 19.4. The number of halogens is 3. The lowest BCUT2D eigenvalue weighted by Gasteiger charge is -2.21. The topological polar surface area (TPSA) is 67.8 Å². The van der Waals surface area contributed by atoms with Gasteiger partial charge in [-0.3, -0.25) is 4.79 Å². The predicted molar refractivity (Wildman–Crippen MR) is 66.1 cm³/mol. The zero-order valence-electron chi connectivity index (χ0n) is 10.7. The molecule has 5 nitrogen and oxygen atoms in total. The molecule has 1 aliphatic heterocycles. The Morgan fingerprint density at radius 2 is 1.90 bits per heavy atom. The van der Waals surface area contributed by atoms with Crippen LogP contribution in [0.3, 0.4) is 0 Å². The smallest absolute Gasteiger partial charge is 0.366 e. The molecule has 0 aromatic heterocycles. The van der Waals surface area contributed by atoms with Gasteiger partial charge in [0.05, 0.1) is 5.56 Å². The van der Waals surface area contributed by atoms with E-state index in [2.05, 4.69) is 10.5 Å². The Bertz CT molecular complexity index is 644. The quantitative estimate of drug-likeness (QED) is 0.837. The minimum absolute atomic E-state index is 0.0187. The first kappa shape index (κ1) is 15.0. The molecule has 0 saturated heterocycles. The Balaban J connectivity index is 2.42. The first-order valence-electron chi connectivity index (χ1n) is 5.72. The van der Waals surface area contributed by atoms with E-state index >= 15 is 0 Å². The van der Waals surface area contributed by atoms with E-state index < -0.39 is 23.8 Å². The Morgan fingerprint density at radius 1 is 1.29 bits per heavy atom. The standard InChI is InChI=1S/C13H9F3N2O3/c1-21-11-9(6-19)10(17-18-12(11)20)7-2-4-8(5-3-7)13(14,15)16/h2-5,11H,1H3,(H,18,20). The van der Waals surface area contributed by atoms with Crippen molar-refractivity contribution in [2.75, 3.05) is 7.11 Å². The van der Waals surface area contributed by atoms with Crippen LogP contribution in [0.1, 0.15) is 11.1 Å². The number of hydrazone groups is 1. The molecule has 2 rings (SSSR count). The van der Waals surface area contributed by atoms with Crippen molar-refractivity contribution in [3.8, 4) is 0 Å². The molecule has 1 aromatic rings. The van der Waals surface area contributed by atoms with Gasteiger partial charge in [-0.25, -0.2) is 10.2 Å². The molecule has 1 unspecified atom stereocenters. The van der Waals surface area contributed by atoms with Crippen LogP contribution < -0.4 is 5.43 Å². The van der Waals surface area contributed by atoms with Crippen LogP contribution in [0.4, 0.5) is 13.2 Å². The number of nitrogens with zero attached hydrogens (tertiary/aromatic N) is 1. The SMILES string of the molecule is COC1C(=O)NN=C(c2ccc(C(F)(F)F)cc2)C1=C=O. The Hall–Kier alpha value is -2.44. The van der Waals surface area contributed by atoms with Gasteiger partial charge in [0.15, 0.2) is 6.10 Å². The van der Waals surface area contributed by atoms with Crippen molar-refractivity contribution < 1.29 is 27.5 Å². The fourth-order valence-corrected chi connectivity index (χ4v) is 1.85. The van der Waals surface area contributed by atoms with Gasteiger partial charge in [0, 0.05) is 12.7 Å². The lowest BCUT2D eigenvalue weighted by atomic mass is 9.97. The highest BCUT2D eigenvalue weighted by Crippen LogP contribution is 2.29. The van der Waals surface area contributed by atoms with Gasteiger partial charge in [0.25, 0.3) is 5.91 Å². The maximum Gasteiger partial charge on any atom is 0.416 e. The summed E-state index contributed by atoms with van der Waals surface area (Å²) in [5, 5.41) is 3.68. The molecule has 0 fully saturated rings. The maximum absolute atomic E-state index is 12.5. The van der Waals surface area contributed by atoms with Crippen molar-refractivity contribution in [2.24, 2.45) is 5.10 Å². The molecule has 8 heteroatoms. The average Bonchev–Trinajstić information content (AvgIpc) is 2.46. The fourth-order valence-electron chi connectivity index (χ4n) is 1.85. The first-order chi connectivity index (χ1) is 9.88. The number of ether oxygens (including phenoxy) is 1. The van der Waals surface area contributed by atoms with Crippen molar-refractivity contribution in [3.05, 3.63) is 41.0 Å². The molecule has 0 saturated carbocycles. The van der Waals surface area contributed by atoms with E-state index in [0.717, 1.165) is 24.3 Å². The monoisotopic (exact) mass is 298 g/mol. The van der Waals surface area contributed by atoms with E-state index in [4.69, 9.17) is 4.74 Å². The zero-order chi connectivity index (χ0) is 15.6. The van der Waals surface area contributed by atoms with Crippen molar-refractivity contribution in [1.29, 1.82) is 0 Å². The highest BCUT2D eigenvalue weighted by Gasteiger charge is 2.33. The third kappa shape index (κ3) is 2.86. The van der Waals surface area contributed by atoms with E-state index in [-0.39, 0.29) is 16.8 Å². The van der Waals surface area contributed by atoms with E-state index in [0.29, 0.717) is 0 Å². The van der Waals surface area contributed by atoms with Gasteiger partial charge in [-0.15, -0.1) is 0 Å². The minimum atomic E-state index is -4.46. The van der Waals surface area contributed by atoms with Gasteiger partial charge < -0.3 is 4.74 Å². The van der Waals surface area contributed by atoms with Crippen LogP contribution >= 0.6 is 0 Å². The second-order valence-corrected chi connectivity index (χ2v) is 4.14. The number of hydrogen-bond donors (Lipinski definition) is 1. The molecule has 0 radical (unpaired) electrons. The molecule has 1 aromatic carbocycles. The van der Waals surface area contributed by atoms with Gasteiger partial charge in [-0.1, -0.05) is 12.1 Å². The summed E-state index contributed by atoms with van der Waals surface area (Å²) in [6.07, 6.45) is -5.66. The van der Waals surface area contributed by atoms with Crippen LogP contribution in [0.15, 0.2) is 34.9 Å². The maximum atomic E-state index is 12.5. The van der Waals surface area contributed by atoms with Gasteiger partial charge >= 0.3 is 6.18 Å². The molecule has 110 valence electrons. The summed E-state index contributed by atoms with van der Waals surface area (Å²) in [6.45, 7) is 0. The summed E-state index contributed by atoms with van der Waals surface area (Å²) in [7, 11) is 1.22. The lowest BCUT2D eigenvalue weighted by Crippen LogP contribution is -2.42. The van der Waals surface area contributed by atoms with E-state index in [1.165, 1.54) is 7.11 Å². The normalized spacial score (nSPS) is 18.9. The number of nitrogens with one attached hydrogen (secondary N) is 1. The molecule has 1 aliphatic rings. The van der Waals surface area contributed by atoms with Crippen LogP contribution in [0, 0.1) is 0 Å². The third-order valence-electron chi connectivity index (χ3n) is 2.86. The number of alkyl halides is 3. The summed E-state index contributed by atoms with van der Waals surface area (Å²) >= 11 is 0. The van der Waals surface area contributed by atoms with E-state index in [9.17, 15) is 22.8 Å². The van der Waals surface area contributed by atoms with E-state index in [1.807, 2.05) is 0 Å². The molecule has 1 atom stereocenters. The summed E-state index contributed by atoms with van der Waals surface area (Å²) < 4.78 is 42.4. The summed E-state index contributed by atoms with van der Waals surface area (Å²) in [5.74, 6) is 0.910. The van der Waals surface area contributed by atoms with Crippen LogP contribution in [0.25, 0.3) is 0 Å². The van der Waals surface area contributed by atoms with Crippen LogP contribution in [-0.4, -0.2) is 30.8 Å². The number of amides is 1. The zero-order valence-corrected chi connectivity index (χ0v) is 10.7. The van der Waals surface area contributed by atoms with Crippen molar-refractivity contribution in [2.45, 2.75) is 12.3 Å². The molecule has 1 N–H and O–H groups in total. The minimum Gasteiger partial charge on any atom is -0.366 e. The van der Waals surface area contributed by atoms with Crippen LogP contribution in [0.5, 0.6) is 0 Å². The number of benzene rings is 1. The van der Waals surface area contributed by atoms with E-state index in [1.54, 1.807) is 5.94 Å². The van der Waals surface area contributed by atoms with Gasteiger partial charge in [-0.2, -0.15) is 18.3 Å². The van der Waals surface area contributed by atoms with Crippen molar-refractivity contribution >= 4 is 17.6 Å². The molecule has 1 amide bonds. The second kappa shape index (κ2) is 5.51. The molecular formula is C13H9F3N2O3. The number of carbonyl (C=O) groups is 1. The first-order valence-corrected chi connectivity index (χ1v) is 5.72. The molecule has 0 aliphatic carbocycles. The number of methoxy groups -OCH3 is 1. The fraction of sp³-hybridized carbons (Fsp3) is 0.231. The predicted octanol–water partition coefficient (Wildman–Crippen LogP) is 1.31. The van der Waals surface area contributed by atoms with Crippen LogP contribution in [-0.2, 0) is 20.5 Å². The number of hydrogen-bond acceptors (Lipinski definition) is 4. The average molecular weight is 298 g/mol. The molecule has 1 heterocycles. The molecular weight excluding hydrogens is 289 g/mol. The van der Waals surface area contributed by atoms with Gasteiger partial charge in [0.2, 0.25) is 0 Å². The molecule has 0 bridgehead atoms. The summed E-state index contributed by atoms with van der Waals surface area (Å²) in [5.41, 5.74) is 1.41.